The zero-order valence-electron chi connectivity index (χ0n) is 11.2. The molecule has 0 aromatic heterocycles. The van der Waals surface area contributed by atoms with Crippen LogP contribution in [0.5, 0.6) is 0 Å². The second-order valence-corrected chi connectivity index (χ2v) is 7.62. The van der Waals surface area contributed by atoms with Crippen molar-refractivity contribution < 1.29 is 8.42 Å². The minimum Gasteiger partial charge on any atom is -0.377 e. The summed E-state index contributed by atoms with van der Waals surface area (Å²) in [6, 6.07) is 7.05. The Balaban J connectivity index is 2.32. The summed E-state index contributed by atoms with van der Waals surface area (Å²) < 4.78 is 23.6. The van der Waals surface area contributed by atoms with Gasteiger partial charge in [-0.1, -0.05) is 31.4 Å². The van der Waals surface area contributed by atoms with Gasteiger partial charge in [0.25, 0.3) is 0 Å². The van der Waals surface area contributed by atoms with Gasteiger partial charge in [0.15, 0.2) is 9.84 Å². The van der Waals surface area contributed by atoms with Crippen LogP contribution in [0.4, 0.5) is 5.69 Å². The van der Waals surface area contributed by atoms with E-state index in [2.05, 4.69) is 5.32 Å². The summed E-state index contributed by atoms with van der Waals surface area (Å²) >= 11 is 6.14. The van der Waals surface area contributed by atoms with Gasteiger partial charge in [-0.05, 0) is 25.0 Å². The molecule has 5 heteroatoms. The summed E-state index contributed by atoms with van der Waals surface area (Å²) in [4.78, 5) is 0.352. The van der Waals surface area contributed by atoms with E-state index in [0.29, 0.717) is 16.5 Å². The van der Waals surface area contributed by atoms with E-state index in [1.165, 1.54) is 12.7 Å². The van der Waals surface area contributed by atoms with Crippen LogP contribution in [0, 0.1) is 0 Å². The summed E-state index contributed by atoms with van der Waals surface area (Å²) in [6.07, 6.45) is 6.74. The molecule has 19 heavy (non-hydrogen) atoms. The van der Waals surface area contributed by atoms with Crippen LogP contribution in [0.3, 0.4) is 0 Å². The first-order chi connectivity index (χ1) is 8.97. The van der Waals surface area contributed by atoms with Crippen LogP contribution in [0.2, 0.25) is 0 Å². The van der Waals surface area contributed by atoms with E-state index >= 15 is 0 Å². The fourth-order valence-corrected chi connectivity index (χ4v) is 3.88. The number of hydrogen-bond donors (Lipinski definition) is 1. The molecule has 0 heterocycles. The van der Waals surface area contributed by atoms with Crippen molar-refractivity contribution in [1.82, 2.24) is 0 Å². The first-order valence-corrected chi connectivity index (χ1v) is 9.03. The van der Waals surface area contributed by atoms with Crippen LogP contribution >= 0.6 is 11.6 Å². The van der Waals surface area contributed by atoms with Gasteiger partial charge in [-0.2, -0.15) is 0 Å². The number of para-hydroxylation sites is 1. The number of rotatable bonds is 4. The van der Waals surface area contributed by atoms with E-state index < -0.39 is 9.84 Å². The highest BCUT2D eigenvalue weighted by Crippen LogP contribution is 2.34. The van der Waals surface area contributed by atoms with E-state index in [-0.39, 0.29) is 5.54 Å². The molecule has 1 fully saturated rings. The van der Waals surface area contributed by atoms with Crippen molar-refractivity contribution in [2.75, 3.05) is 17.5 Å². The lowest BCUT2D eigenvalue weighted by Gasteiger charge is -2.37. The zero-order valence-corrected chi connectivity index (χ0v) is 12.7. The molecule has 1 aliphatic carbocycles. The van der Waals surface area contributed by atoms with Crippen molar-refractivity contribution >= 4 is 27.1 Å². The fourth-order valence-electron chi connectivity index (χ4n) is 2.70. The van der Waals surface area contributed by atoms with Crippen molar-refractivity contribution in [2.24, 2.45) is 0 Å². The lowest BCUT2D eigenvalue weighted by atomic mass is 9.83. The van der Waals surface area contributed by atoms with Crippen LogP contribution in [-0.2, 0) is 9.84 Å². The van der Waals surface area contributed by atoms with Crippen molar-refractivity contribution in [3.63, 3.8) is 0 Å². The quantitative estimate of drug-likeness (QED) is 0.867. The molecule has 106 valence electrons. The van der Waals surface area contributed by atoms with Gasteiger partial charge in [-0.25, -0.2) is 8.42 Å². The Labute approximate surface area is 120 Å². The third-order valence-electron chi connectivity index (χ3n) is 3.75. The normalized spacial score (nSPS) is 19.1. The number of alkyl halides is 1. The second kappa shape index (κ2) is 5.71. The van der Waals surface area contributed by atoms with Gasteiger partial charge >= 0.3 is 0 Å². The van der Waals surface area contributed by atoms with Crippen molar-refractivity contribution in [3.05, 3.63) is 24.3 Å². The Bertz CT molecular complexity index is 536. The Morgan fingerprint density at radius 2 is 1.84 bits per heavy atom. The maximum Gasteiger partial charge on any atom is 0.177 e. The summed E-state index contributed by atoms with van der Waals surface area (Å²) in [5.41, 5.74) is 0.508. The van der Waals surface area contributed by atoms with E-state index in [1.54, 1.807) is 12.1 Å². The molecule has 3 nitrogen and oxygen atoms in total. The Kier molecular flexibility index (Phi) is 4.41. The number of benzene rings is 1. The Hall–Kier alpha value is -0.740. The van der Waals surface area contributed by atoms with Crippen molar-refractivity contribution in [1.29, 1.82) is 0 Å². The molecular formula is C14H20ClNO2S. The Morgan fingerprint density at radius 3 is 2.42 bits per heavy atom. The van der Waals surface area contributed by atoms with Crippen LogP contribution in [0.1, 0.15) is 32.1 Å². The zero-order chi connectivity index (χ0) is 13.9. The summed E-state index contributed by atoms with van der Waals surface area (Å²) in [7, 11) is -3.22. The topological polar surface area (TPSA) is 46.2 Å². The molecule has 0 spiro atoms. The molecule has 1 aromatic carbocycles. The van der Waals surface area contributed by atoms with Gasteiger partial charge in [0.1, 0.15) is 0 Å². The smallest absolute Gasteiger partial charge is 0.177 e. The third-order valence-corrected chi connectivity index (χ3v) is 5.42. The molecule has 0 amide bonds. The molecule has 0 atom stereocenters. The van der Waals surface area contributed by atoms with Gasteiger partial charge in [0.05, 0.1) is 16.1 Å². The van der Waals surface area contributed by atoms with Crippen molar-refractivity contribution in [2.45, 2.75) is 42.5 Å². The molecule has 1 N–H and O–H groups in total. The highest BCUT2D eigenvalue weighted by atomic mass is 35.5. The Morgan fingerprint density at radius 1 is 1.21 bits per heavy atom. The molecular weight excluding hydrogens is 282 g/mol. The molecule has 0 unspecified atom stereocenters. The molecule has 0 saturated heterocycles. The van der Waals surface area contributed by atoms with Gasteiger partial charge in [0.2, 0.25) is 0 Å². The largest absolute Gasteiger partial charge is 0.377 e. The lowest BCUT2D eigenvalue weighted by molar-refractivity contribution is 0.353. The minimum absolute atomic E-state index is 0.166. The molecule has 1 aromatic rings. The average Bonchev–Trinajstić information content (AvgIpc) is 2.39. The van der Waals surface area contributed by atoms with Gasteiger partial charge in [-0.15, -0.1) is 11.6 Å². The number of sulfone groups is 1. The summed E-state index contributed by atoms with van der Waals surface area (Å²) in [6.45, 7) is 0. The molecule has 0 aliphatic heterocycles. The maximum absolute atomic E-state index is 11.8. The maximum atomic E-state index is 11.8. The van der Waals surface area contributed by atoms with Crippen LogP contribution in [-0.4, -0.2) is 26.1 Å². The molecule has 0 radical (unpaired) electrons. The standard InChI is InChI=1S/C14H20ClNO2S/c1-19(17,18)13-8-4-3-7-12(13)16-14(11-15)9-5-2-6-10-14/h3-4,7-8,16H,2,5-6,9-11H2,1H3. The number of hydrogen-bond acceptors (Lipinski definition) is 3. The lowest BCUT2D eigenvalue weighted by Crippen LogP contribution is -2.42. The van der Waals surface area contributed by atoms with Crippen LogP contribution < -0.4 is 5.32 Å². The minimum atomic E-state index is -3.22. The number of nitrogens with one attached hydrogen (secondary N) is 1. The highest BCUT2D eigenvalue weighted by Gasteiger charge is 2.32. The fraction of sp³-hybridized carbons (Fsp3) is 0.571. The first-order valence-electron chi connectivity index (χ1n) is 6.60. The van der Waals surface area contributed by atoms with E-state index in [4.69, 9.17) is 11.6 Å². The predicted octanol–water partition coefficient (Wildman–Crippen LogP) is 3.44. The monoisotopic (exact) mass is 301 g/mol. The SMILES string of the molecule is CS(=O)(=O)c1ccccc1NC1(CCl)CCCCC1. The number of halogens is 1. The van der Waals surface area contributed by atoms with E-state index in [9.17, 15) is 8.42 Å². The van der Waals surface area contributed by atoms with Crippen LogP contribution in [0.15, 0.2) is 29.2 Å². The first kappa shape index (κ1) is 14.7. The molecule has 1 saturated carbocycles. The van der Waals surface area contributed by atoms with Gasteiger partial charge in [0, 0.05) is 12.1 Å². The van der Waals surface area contributed by atoms with Gasteiger partial charge in [-0.3, -0.25) is 0 Å². The van der Waals surface area contributed by atoms with E-state index in [0.717, 1.165) is 25.7 Å². The van der Waals surface area contributed by atoms with Gasteiger partial charge < -0.3 is 5.32 Å². The van der Waals surface area contributed by atoms with Crippen LogP contribution in [0.25, 0.3) is 0 Å². The highest BCUT2D eigenvalue weighted by molar-refractivity contribution is 7.90. The predicted molar refractivity (Wildman–Crippen MR) is 79.7 cm³/mol. The third kappa shape index (κ3) is 3.42. The number of anilines is 1. The average molecular weight is 302 g/mol. The second-order valence-electron chi connectivity index (χ2n) is 5.37. The summed E-state index contributed by atoms with van der Waals surface area (Å²) in [5.74, 6) is 0.505. The molecule has 2 rings (SSSR count). The van der Waals surface area contributed by atoms with E-state index in [1.807, 2.05) is 12.1 Å². The summed E-state index contributed by atoms with van der Waals surface area (Å²) in [5, 5.41) is 3.41. The van der Waals surface area contributed by atoms with Crippen molar-refractivity contribution in [3.8, 4) is 0 Å². The molecule has 0 bridgehead atoms. The molecule has 1 aliphatic rings.